The van der Waals surface area contributed by atoms with Gasteiger partial charge in [-0.25, -0.2) is 4.98 Å². The number of aryl methyl sites for hydroxylation is 1. The summed E-state index contributed by atoms with van der Waals surface area (Å²) in [5.74, 6) is 1.71. The van der Waals surface area contributed by atoms with Gasteiger partial charge >= 0.3 is 0 Å². The lowest BCUT2D eigenvalue weighted by Crippen LogP contribution is -2.26. The molecule has 0 spiro atoms. The van der Waals surface area contributed by atoms with E-state index in [0.29, 0.717) is 12.0 Å². The summed E-state index contributed by atoms with van der Waals surface area (Å²) in [6.07, 6.45) is 3.63. The molecule has 0 aliphatic carbocycles. The minimum absolute atomic E-state index is 0.479. The van der Waals surface area contributed by atoms with Crippen molar-refractivity contribution in [3.8, 4) is 0 Å². The van der Waals surface area contributed by atoms with Crippen LogP contribution < -0.4 is 5.73 Å². The average molecular weight is 207 g/mol. The molecule has 0 amide bonds. The smallest absolute Gasteiger partial charge is 0.112 e. The van der Waals surface area contributed by atoms with Crippen molar-refractivity contribution in [2.75, 3.05) is 6.54 Å². The summed E-state index contributed by atoms with van der Waals surface area (Å²) in [6, 6.07) is 0.479. The van der Waals surface area contributed by atoms with Gasteiger partial charge in [-0.1, -0.05) is 13.8 Å². The summed E-state index contributed by atoms with van der Waals surface area (Å²) in [6.45, 7) is 7.27. The SMILES string of the molecule is Cc1nc(C(C)C)n2c1CCCC2CN. The second-order valence-electron chi connectivity index (χ2n) is 4.81. The highest BCUT2D eigenvalue weighted by Gasteiger charge is 2.25. The highest BCUT2D eigenvalue weighted by Crippen LogP contribution is 2.30. The summed E-state index contributed by atoms with van der Waals surface area (Å²) in [7, 11) is 0. The van der Waals surface area contributed by atoms with E-state index in [1.807, 2.05) is 0 Å². The van der Waals surface area contributed by atoms with Gasteiger partial charge in [-0.2, -0.15) is 0 Å². The molecule has 1 aromatic heterocycles. The number of nitrogens with zero attached hydrogens (tertiary/aromatic N) is 2. The molecule has 84 valence electrons. The molecule has 1 aliphatic heterocycles. The molecule has 2 heterocycles. The molecule has 0 saturated heterocycles. The Balaban J connectivity index is 2.50. The lowest BCUT2D eigenvalue weighted by atomic mass is 10.0. The topological polar surface area (TPSA) is 43.8 Å². The van der Waals surface area contributed by atoms with Crippen molar-refractivity contribution in [2.45, 2.75) is 52.0 Å². The number of aromatic nitrogens is 2. The maximum atomic E-state index is 5.85. The van der Waals surface area contributed by atoms with Crippen molar-refractivity contribution in [2.24, 2.45) is 5.73 Å². The third-order valence-electron chi connectivity index (χ3n) is 3.34. The van der Waals surface area contributed by atoms with E-state index < -0.39 is 0 Å². The fraction of sp³-hybridized carbons (Fsp3) is 0.750. The maximum Gasteiger partial charge on any atom is 0.112 e. The summed E-state index contributed by atoms with van der Waals surface area (Å²) in [4.78, 5) is 4.70. The molecule has 2 rings (SSSR count). The molecular weight excluding hydrogens is 186 g/mol. The fourth-order valence-corrected chi connectivity index (χ4v) is 2.58. The van der Waals surface area contributed by atoms with E-state index in [2.05, 4.69) is 25.3 Å². The highest BCUT2D eigenvalue weighted by atomic mass is 15.1. The minimum Gasteiger partial charge on any atom is -0.328 e. The molecule has 3 nitrogen and oxygen atoms in total. The Kier molecular flexibility index (Phi) is 2.83. The minimum atomic E-state index is 0.479. The second kappa shape index (κ2) is 3.97. The number of imidazole rings is 1. The van der Waals surface area contributed by atoms with E-state index in [9.17, 15) is 0 Å². The van der Waals surface area contributed by atoms with Gasteiger partial charge in [-0.05, 0) is 26.2 Å². The van der Waals surface area contributed by atoms with E-state index in [4.69, 9.17) is 10.7 Å². The van der Waals surface area contributed by atoms with E-state index >= 15 is 0 Å². The fourth-order valence-electron chi connectivity index (χ4n) is 2.58. The van der Waals surface area contributed by atoms with Crippen LogP contribution in [0.4, 0.5) is 0 Å². The molecule has 0 saturated carbocycles. The Bertz CT molecular complexity index is 352. The van der Waals surface area contributed by atoms with Crippen LogP contribution >= 0.6 is 0 Å². The van der Waals surface area contributed by atoms with Gasteiger partial charge in [0.2, 0.25) is 0 Å². The van der Waals surface area contributed by atoms with Crippen molar-refractivity contribution in [1.82, 2.24) is 9.55 Å². The number of nitrogens with two attached hydrogens (primary N) is 1. The summed E-state index contributed by atoms with van der Waals surface area (Å²) in [5, 5.41) is 0. The van der Waals surface area contributed by atoms with Crippen LogP contribution in [0.15, 0.2) is 0 Å². The highest BCUT2D eigenvalue weighted by molar-refractivity contribution is 5.21. The maximum absolute atomic E-state index is 5.85. The lowest BCUT2D eigenvalue weighted by molar-refractivity contribution is 0.392. The van der Waals surface area contributed by atoms with Gasteiger partial charge in [-0.15, -0.1) is 0 Å². The molecule has 0 bridgehead atoms. The zero-order valence-corrected chi connectivity index (χ0v) is 9.95. The first kappa shape index (κ1) is 10.7. The van der Waals surface area contributed by atoms with E-state index in [-0.39, 0.29) is 0 Å². The van der Waals surface area contributed by atoms with Crippen LogP contribution in [0.2, 0.25) is 0 Å². The van der Waals surface area contributed by atoms with Crippen LogP contribution in [0.25, 0.3) is 0 Å². The number of hydrogen-bond acceptors (Lipinski definition) is 2. The van der Waals surface area contributed by atoms with Crippen LogP contribution in [0, 0.1) is 6.92 Å². The van der Waals surface area contributed by atoms with E-state index in [0.717, 1.165) is 6.54 Å². The molecule has 1 aromatic rings. The molecule has 3 heteroatoms. The van der Waals surface area contributed by atoms with Crippen LogP contribution in [0.3, 0.4) is 0 Å². The monoisotopic (exact) mass is 207 g/mol. The predicted molar refractivity (Wildman–Crippen MR) is 62.1 cm³/mol. The average Bonchev–Trinajstić information content (AvgIpc) is 2.56. The first-order chi connectivity index (χ1) is 7.15. The molecule has 0 radical (unpaired) electrons. The standard InChI is InChI=1S/C12H21N3/c1-8(2)12-14-9(3)11-6-4-5-10(7-13)15(11)12/h8,10H,4-7,13H2,1-3H3. The van der Waals surface area contributed by atoms with Gasteiger partial charge in [0.15, 0.2) is 0 Å². The van der Waals surface area contributed by atoms with Gasteiger partial charge in [0, 0.05) is 24.2 Å². The van der Waals surface area contributed by atoms with Gasteiger partial charge in [0.05, 0.1) is 5.69 Å². The van der Waals surface area contributed by atoms with Crippen LogP contribution in [-0.4, -0.2) is 16.1 Å². The van der Waals surface area contributed by atoms with Gasteiger partial charge in [-0.3, -0.25) is 0 Å². The van der Waals surface area contributed by atoms with Gasteiger partial charge in [0.1, 0.15) is 5.82 Å². The summed E-state index contributed by atoms with van der Waals surface area (Å²) >= 11 is 0. The number of hydrogen-bond donors (Lipinski definition) is 1. The van der Waals surface area contributed by atoms with Gasteiger partial charge in [0.25, 0.3) is 0 Å². The Morgan fingerprint density at radius 2 is 2.27 bits per heavy atom. The molecule has 1 unspecified atom stereocenters. The van der Waals surface area contributed by atoms with Crippen LogP contribution in [0.1, 0.15) is 55.9 Å². The van der Waals surface area contributed by atoms with Crippen LogP contribution in [-0.2, 0) is 6.42 Å². The first-order valence-electron chi connectivity index (χ1n) is 5.92. The normalized spacial score (nSPS) is 20.7. The number of rotatable bonds is 2. The van der Waals surface area contributed by atoms with Crippen molar-refractivity contribution in [3.63, 3.8) is 0 Å². The Morgan fingerprint density at radius 3 is 2.87 bits per heavy atom. The van der Waals surface area contributed by atoms with Crippen molar-refractivity contribution in [3.05, 3.63) is 17.2 Å². The van der Waals surface area contributed by atoms with Crippen molar-refractivity contribution in [1.29, 1.82) is 0 Å². The van der Waals surface area contributed by atoms with E-state index in [1.54, 1.807) is 0 Å². The van der Waals surface area contributed by atoms with Crippen molar-refractivity contribution < 1.29 is 0 Å². The quantitative estimate of drug-likeness (QED) is 0.807. The molecular formula is C12H21N3. The third-order valence-corrected chi connectivity index (χ3v) is 3.34. The number of fused-ring (bicyclic) bond motifs is 1. The molecule has 15 heavy (non-hydrogen) atoms. The third kappa shape index (κ3) is 1.69. The Morgan fingerprint density at radius 1 is 1.53 bits per heavy atom. The molecule has 0 aromatic carbocycles. The Labute approximate surface area is 91.7 Å². The zero-order valence-electron chi connectivity index (χ0n) is 9.95. The van der Waals surface area contributed by atoms with Gasteiger partial charge < -0.3 is 10.3 Å². The zero-order chi connectivity index (χ0) is 11.0. The predicted octanol–water partition coefficient (Wildman–Crippen LogP) is 2.15. The second-order valence-corrected chi connectivity index (χ2v) is 4.81. The lowest BCUT2D eigenvalue weighted by Gasteiger charge is -2.27. The van der Waals surface area contributed by atoms with E-state index in [1.165, 1.54) is 36.5 Å². The van der Waals surface area contributed by atoms with Crippen molar-refractivity contribution >= 4 is 0 Å². The first-order valence-corrected chi connectivity index (χ1v) is 5.92. The molecule has 1 atom stereocenters. The summed E-state index contributed by atoms with van der Waals surface area (Å²) < 4.78 is 2.41. The Hall–Kier alpha value is -0.830. The summed E-state index contributed by atoms with van der Waals surface area (Å²) in [5.41, 5.74) is 8.47. The van der Waals surface area contributed by atoms with Crippen LogP contribution in [0.5, 0.6) is 0 Å². The largest absolute Gasteiger partial charge is 0.328 e. The molecule has 1 aliphatic rings. The molecule has 0 fully saturated rings. The molecule has 2 N–H and O–H groups in total.